The highest BCUT2D eigenvalue weighted by molar-refractivity contribution is 5.64. The van der Waals surface area contributed by atoms with Gasteiger partial charge in [0.25, 0.3) is 0 Å². The van der Waals surface area contributed by atoms with Crippen LogP contribution in [0.3, 0.4) is 0 Å². The number of rotatable bonds is 2. The summed E-state index contributed by atoms with van der Waals surface area (Å²) in [6.07, 6.45) is 7.96. The zero-order valence-electron chi connectivity index (χ0n) is 18.6. The quantitative estimate of drug-likeness (QED) is 0.579. The minimum absolute atomic E-state index is 0.269. The molecule has 3 aliphatic carbocycles. The van der Waals surface area contributed by atoms with Crippen molar-refractivity contribution >= 4 is 6.08 Å². The van der Waals surface area contributed by atoms with Crippen molar-refractivity contribution in [3.05, 3.63) is 88.5 Å². The van der Waals surface area contributed by atoms with Gasteiger partial charge >= 0.3 is 0 Å². The highest BCUT2D eigenvalue weighted by Crippen LogP contribution is 2.55. The molecule has 0 unspecified atom stereocenters. The Labute approximate surface area is 192 Å². The van der Waals surface area contributed by atoms with Gasteiger partial charge in [0, 0.05) is 16.5 Å². The molecule has 0 spiro atoms. The Kier molecular flexibility index (Phi) is 4.27. The molecule has 0 saturated heterocycles. The van der Waals surface area contributed by atoms with Crippen LogP contribution in [-0.2, 0) is 12.0 Å². The Morgan fingerprint density at radius 2 is 1.85 bits per heavy atom. The third-order valence-corrected chi connectivity index (χ3v) is 7.85. The molecule has 2 atom stereocenters. The molecule has 0 aliphatic heterocycles. The molecule has 2 aromatic carbocycles. The maximum atomic E-state index is 13.4. The zero-order valence-corrected chi connectivity index (χ0v) is 18.6. The lowest BCUT2D eigenvalue weighted by Gasteiger charge is -2.39. The highest BCUT2D eigenvalue weighted by Gasteiger charge is 2.54. The summed E-state index contributed by atoms with van der Waals surface area (Å²) in [4.78, 5) is 0. The normalized spacial score (nSPS) is 26.6. The molecule has 5 heteroatoms. The van der Waals surface area contributed by atoms with Crippen molar-refractivity contribution in [1.82, 2.24) is 9.78 Å². The first-order valence-electron chi connectivity index (χ1n) is 11.5. The van der Waals surface area contributed by atoms with Crippen LogP contribution in [0.1, 0.15) is 55.0 Å². The molecule has 4 nitrogen and oxygen atoms in total. The molecule has 3 aromatic rings. The van der Waals surface area contributed by atoms with E-state index in [-0.39, 0.29) is 11.4 Å². The van der Waals surface area contributed by atoms with Crippen molar-refractivity contribution in [1.29, 1.82) is 0 Å². The molecule has 1 heterocycles. The molecule has 6 rings (SSSR count). The first-order chi connectivity index (χ1) is 15.8. The van der Waals surface area contributed by atoms with E-state index in [2.05, 4.69) is 36.0 Å². The molecule has 0 bridgehead atoms. The molecule has 0 radical (unpaired) electrons. The van der Waals surface area contributed by atoms with Crippen molar-refractivity contribution in [3.63, 3.8) is 0 Å². The molecular weight excluding hydrogens is 413 g/mol. The van der Waals surface area contributed by atoms with E-state index in [0.29, 0.717) is 12.8 Å². The van der Waals surface area contributed by atoms with E-state index in [4.69, 9.17) is 5.73 Å². The van der Waals surface area contributed by atoms with Crippen LogP contribution >= 0.6 is 0 Å². The molecule has 3 aliphatic rings. The van der Waals surface area contributed by atoms with Gasteiger partial charge in [-0.05, 0) is 79.6 Å². The average molecular weight is 440 g/mol. The van der Waals surface area contributed by atoms with Crippen LogP contribution in [0.25, 0.3) is 11.8 Å². The number of nitrogens with two attached hydrogens (primary N) is 1. The first-order valence-corrected chi connectivity index (χ1v) is 11.5. The largest absolute Gasteiger partial charge is 0.377 e. The summed E-state index contributed by atoms with van der Waals surface area (Å²) in [6.45, 7) is 2.11. The summed E-state index contributed by atoms with van der Waals surface area (Å²) in [6, 6.07) is 14.4. The number of benzene rings is 2. The minimum Gasteiger partial charge on any atom is -0.377 e. The van der Waals surface area contributed by atoms with E-state index in [1.54, 1.807) is 12.1 Å². The van der Waals surface area contributed by atoms with Crippen LogP contribution in [0.4, 0.5) is 4.39 Å². The summed E-state index contributed by atoms with van der Waals surface area (Å²) in [5, 5.41) is 16.3. The lowest BCUT2D eigenvalue weighted by atomic mass is 9.67. The number of aliphatic hydroxyl groups is 1. The van der Waals surface area contributed by atoms with Gasteiger partial charge in [0.15, 0.2) is 0 Å². The molecule has 3 N–H and O–H groups in total. The number of aromatic nitrogens is 2. The fourth-order valence-corrected chi connectivity index (χ4v) is 5.44. The van der Waals surface area contributed by atoms with Gasteiger partial charge in [0.05, 0.1) is 17.6 Å². The van der Waals surface area contributed by atoms with Crippen molar-refractivity contribution in [3.8, 4) is 17.5 Å². The number of hydrogen-bond acceptors (Lipinski definition) is 3. The van der Waals surface area contributed by atoms with E-state index < -0.39 is 11.0 Å². The van der Waals surface area contributed by atoms with Gasteiger partial charge < -0.3 is 10.8 Å². The maximum absolute atomic E-state index is 13.4. The molecule has 33 heavy (non-hydrogen) atoms. The van der Waals surface area contributed by atoms with Gasteiger partial charge in [0.1, 0.15) is 11.4 Å². The topological polar surface area (TPSA) is 64.1 Å². The van der Waals surface area contributed by atoms with Crippen LogP contribution < -0.4 is 5.73 Å². The highest BCUT2D eigenvalue weighted by atomic mass is 19.1. The SMILES string of the molecule is C[C@]12Cc3cnn(-c4ccc(F)cc4)c3C=C1CC[C@@]2(O)C#Cc1ccccc1C1(N)CC1. The Hall–Kier alpha value is -3.20. The predicted octanol–water partition coefficient (Wildman–Crippen LogP) is 4.48. The fourth-order valence-electron chi connectivity index (χ4n) is 5.44. The predicted molar refractivity (Wildman–Crippen MR) is 126 cm³/mol. The van der Waals surface area contributed by atoms with Gasteiger partial charge in [0.2, 0.25) is 0 Å². The zero-order chi connectivity index (χ0) is 22.8. The van der Waals surface area contributed by atoms with Gasteiger partial charge in [-0.15, -0.1) is 0 Å². The van der Waals surface area contributed by atoms with E-state index in [1.807, 2.05) is 29.1 Å². The van der Waals surface area contributed by atoms with Gasteiger partial charge in [-0.1, -0.05) is 42.5 Å². The second-order valence-electron chi connectivity index (χ2n) is 9.93. The third kappa shape index (κ3) is 3.09. The summed E-state index contributed by atoms with van der Waals surface area (Å²) in [5.41, 5.74) is 10.6. The Morgan fingerprint density at radius 1 is 1.09 bits per heavy atom. The lowest BCUT2D eigenvalue weighted by Crippen LogP contribution is -2.44. The standard InChI is InChI=1S/C28H26FN3O/c1-26-17-20-18-31-32(23-8-6-22(29)7-9-23)25(20)16-21(26)11-13-28(26,33)12-10-19-4-2-3-5-24(19)27(30)14-15-27/h2-9,16,18,33H,11,13-15,17,30H2,1H3/t26-,28-/m0/s1. The third-order valence-electron chi connectivity index (χ3n) is 7.85. The molecule has 2 fully saturated rings. The lowest BCUT2D eigenvalue weighted by molar-refractivity contribution is 0.0153. The monoisotopic (exact) mass is 439 g/mol. The number of fused-ring (bicyclic) bond motifs is 2. The first kappa shape index (κ1) is 20.4. The molecule has 2 saturated carbocycles. The molecular formula is C28H26FN3O. The van der Waals surface area contributed by atoms with Crippen molar-refractivity contribution in [2.45, 2.75) is 50.2 Å². The van der Waals surface area contributed by atoms with Crippen LogP contribution in [0, 0.1) is 23.1 Å². The van der Waals surface area contributed by atoms with E-state index in [9.17, 15) is 9.50 Å². The number of nitrogens with zero attached hydrogens (tertiary/aromatic N) is 2. The maximum Gasteiger partial charge on any atom is 0.135 e. The van der Waals surface area contributed by atoms with Gasteiger partial charge in [-0.2, -0.15) is 5.10 Å². The van der Waals surface area contributed by atoms with Crippen molar-refractivity contribution < 1.29 is 9.50 Å². The van der Waals surface area contributed by atoms with E-state index in [1.165, 1.54) is 17.7 Å². The van der Waals surface area contributed by atoms with Crippen LogP contribution in [0.15, 0.2) is 60.3 Å². The van der Waals surface area contributed by atoms with Crippen LogP contribution in [0.2, 0.25) is 0 Å². The Morgan fingerprint density at radius 3 is 2.61 bits per heavy atom. The van der Waals surface area contributed by atoms with Crippen molar-refractivity contribution in [2.24, 2.45) is 11.1 Å². The summed E-state index contributed by atoms with van der Waals surface area (Å²) in [5.74, 6) is 6.30. The smallest absolute Gasteiger partial charge is 0.135 e. The second kappa shape index (κ2) is 6.90. The Balaban J connectivity index is 1.36. The van der Waals surface area contributed by atoms with Crippen molar-refractivity contribution in [2.75, 3.05) is 0 Å². The van der Waals surface area contributed by atoms with Gasteiger partial charge in [-0.3, -0.25) is 0 Å². The van der Waals surface area contributed by atoms with Crippen LogP contribution in [0.5, 0.6) is 0 Å². The minimum atomic E-state index is -1.13. The molecule has 0 amide bonds. The summed E-state index contributed by atoms with van der Waals surface area (Å²) in [7, 11) is 0. The average Bonchev–Trinajstić information content (AvgIpc) is 3.35. The van der Waals surface area contributed by atoms with Gasteiger partial charge in [-0.25, -0.2) is 9.07 Å². The number of hydrogen-bond donors (Lipinski definition) is 2. The second-order valence-corrected chi connectivity index (χ2v) is 9.93. The van der Waals surface area contributed by atoms with E-state index in [0.717, 1.165) is 47.3 Å². The summed E-state index contributed by atoms with van der Waals surface area (Å²) < 4.78 is 15.2. The molecule has 1 aromatic heterocycles. The fraction of sp³-hybridized carbons (Fsp3) is 0.321. The summed E-state index contributed by atoms with van der Waals surface area (Å²) >= 11 is 0. The Bertz CT molecular complexity index is 1360. The van der Waals surface area contributed by atoms with Crippen LogP contribution in [-0.4, -0.2) is 20.5 Å². The molecule has 166 valence electrons. The van der Waals surface area contributed by atoms with E-state index >= 15 is 0 Å². The number of halogens is 1.